The monoisotopic (exact) mass is 573 g/mol. The van der Waals surface area contributed by atoms with Crippen molar-refractivity contribution in [3.63, 3.8) is 0 Å². The summed E-state index contributed by atoms with van der Waals surface area (Å²) in [4.78, 5) is 27.3. The third kappa shape index (κ3) is 6.35. The Bertz CT molecular complexity index is 1570. The average Bonchev–Trinajstić information content (AvgIpc) is 3.30. The summed E-state index contributed by atoms with van der Waals surface area (Å²) in [6, 6.07) is 22.2. The van der Waals surface area contributed by atoms with E-state index in [-0.39, 0.29) is 16.7 Å². The summed E-state index contributed by atoms with van der Waals surface area (Å²) in [6.07, 6.45) is 1.65. The van der Waals surface area contributed by atoms with E-state index in [9.17, 15) is 18.0 Å². The van der Waals surface area contributed by atoms with Crippen LogP contribution < -0.4 is 16.0 Å². The number of hydrogen-bond acceptors (Lipinski definition) is 6. The van der Waals surface area contributed by atoms with E-state index in [2.05, 4.69) is 20.9 Å². The molecule has 1 fully saturated rings. The maximum absolute atomic E-state index is 13.4. The average molecular weight is 574 g/mol. The second kappa shape index (κ2) is 12.3. The molecule has 3 N–H and O–H groups in total. The van der Waals surface area contributed by atoms with Crippen molar-refractivity contribution in [2.75, 3.05) is 43.9 Å². The van der Waals surface area contributed by atoms with Crippen LogP contribution in [0.4, 0.5) is 11.4 Å². The van der Waals surface area contributed by atoms with E-state index >= 15 is 0 Å². The molecule has 2 aliphatic heterocycles. The summed E-state index contributed by atoms with van der Waals surface area (Å²) in [5.41, 5.74) is 4.70. The Labute approximate surface area is 241 Å². The third-order valence-electron chi connectivity index (χ3n) is 7.33. The lowest BCUT2D eigenvalue weighted by molar-refractivity contribution is -0.124. The van der Waals surface area contributed by atoms with Gasteiger partial charge in [-0.25, -0.2) is 12.7 Å². The van der Waals surface area contributed by atoms with Crippen molar-refractivity contribution >= 4 is 44.5 Å². The predicted octanol–water partition coefficient (Wildman–Crippen LogP) is 3.97. The zero-order valence-corrected chi connectivity index (χ0v) is 24.1. The molecule has 0 aliphatic carbocycles. The minimum Gasteiger partial charge on any atom is -0.354 e. The number of piperazine rings is 1. The number of sulfonamides is 1. The topological polar surface area (TPSA) is 111 Å². The fourth-order valence-electron chi connectivity index (χ4n) is 5.04. The van der Waals surface area contributed by atoms with Gasteiger partial charge in [0.25, 0.3) is 5.91 Å². The first kappa shape index (κ1) is 28.5. The number of unbranched alkanes of at least 4 members (excludes halogenated alkanes) is 1. The number of carbonyl (C=O) groups excluding carboxylic acids is 2. The smallest absolute Gasteiger partial charge is 0.258 e. The van der Waals surface area contributed by atoms with Crippen molar-refractivity contribution < 1.29 is 18.0 Å². The molecule has 5 rings (SSSR count). The highest BCUT2D eigenvalue weighted by molar-refractivity contribution is 7.89. The second-order valence-corrected chi connectivity index (χ2v) is 12.4. The van der Waals surface area contributed by atoms with E-state index in [0.717, 1.165) is 36.2 Å². The maximum atomic E-state index is 13.4. The largest absolute Gasteiger partial charge is 0.354 e. The minimum atomic E-state index is -3.72. The number of carbonyl (C=O) groups is 2. The van der Waals surface area contributed by atoms with Gasteiger partial charge in [-0.1, -0.05) is 55.8 Å². The van der Waals surface area contributed by atoms with Gasteiger partial charge in [0.2, 0.25) is 15.9 Å². The van der Waals surface area contributed by atoms with Crippen molar-refractivity contribution in [1.29, 1.82) is 0 Å². The molecule has 2 amide bonds. The molecule has 0 radical (unpaired) electrons. The molecule has 9 nitrogen and oxygen atoms in total. The lowest BCUT2D eigenvalue weighted by Crippen LogP contribution is -2.47. The van der Waals surface area contributed by atoms with Crippen molar-refractivity contribution in [3.05, 3.63) is 89.5 Å². The zero-order valence-electron chi connectivity index (χ0n) is 23.3. The van der Waals surface area contributed by atoms with Crippen LogP contribution >= 0.6 is 0 Å². The molecule has 214 valence electrons. The van der Waals surface area contributed by atoms with Gasteiger partial charge in [0.15, 0.2) is 0 Å². The van der Waals surface area contributed by atoms with Gasteiger partial charge in [0.1, 0.15) is 0 Å². The quantitative estimate of drug-likeness (QED) is 0.317. The summed E-state index contributed by atoms with van der Waals surface area (Å²) >= 11 is 0. The van der Waals surface area contributed by atoms with Crippen LogP contribution in [0.2, 0.25) is 0 Å². The molecule has 0 bridgehead atoms. The highest BCUT2D eigenvalue weighted by atomic mass is 32.2. The number of hydrogen-bond donors (Lipinski definition) is 3. The summed E-state index contributed by atoms with van der Waals surface area (Å²) < 4.78 is 28.0. The van der Waals surface area contributed by atoms with Gasteiger partial charge in [-0.2, -0.15) is 0 Å². The molecule has 0 unspecified atom stereocenters. The fourth-order valence-corrected chi connectivity index (χ4v) is 6.28. The van der Waals surface area contributed by atoms with E-state index in [4.69, 9.17) is 0 Å². The number of nitrogens with zero attached hydrogens (tertiary/aromatic N) is 2. The van der Waals surface area contributed by atoms with Crippen LogP contribution in [0.5, 0.6) is 0 Å². The molecule has 3 aromatic carbocycles. The molecular weight excluding hydrogens is 538 g/mol. The Morgan fingerprint density at radius 3 is 2.49 bits per heavy atom. The van der Waals surface area contributed by atoms with Crippen LogP contribution in [-0.2, 0) is 26.2 Å². The van der Waals surface area contributed by atoms with Crippen molar-refractivity contribution in [2.24, 2.45) is 0 Å². The summed E-state index contributed by atoms with van der Waals surface area (Å²) in [6.45, 7) is 4.94. The van der Waals surface area contributed by atoms with Crippen molar-refractivity contribution in [1.82, 2.24) is 14.5 Å². The Kier molecular flexibility index (Phi) is 8.53. The van der Waals surface area contributed by atoms with Crippen LogP contribution in [0.1, 0.15) is 36.5 Å². The molecule has 0 saturated carbocycles. The SMILES string of the molecule is CCCCN(C)S(=O)(=O)c1ccc2c(c1)/C(=C(/Nc1ccc(CN3CCNC(=O)C3)cc1)c1ccccc1)C(=O)N2. The van der Waals surface area contributed by atoms with E-state index in [0.29, 0.717) is 48.7 Å². The van der Waals surface area contributed by atoms with Crippen molar-refractivity contribution in [2.45, 2.75) is 31.2 Å². The van der Waals surface area contributed by atoms with Gasteiger partial charge >= 0.3 is 0 Å². The van der Waals surface area contributed by atoms with E-state index in [1.165, 1.54) is 4.31 Å². The third-order valence-corrected chi connectivity index (χ3v) is 9.18. The summed E-state index contributed by atoms with van der Waals surface area (Å²) in [5.74, 6) is -0.271. The van der Waals surface area contributed by atoms with Crippen LogP contribution in [0.25, 0.3) is 11.3 Å². The molecule has 0 aromatic heterocycles. The Morgan fingerprint density at radius 1 is 1.02 bits per heavy atom. The van der Waals surface area contributed by atoms with Gasteiger partial charge in [-0.15, -0.1) is 0 Å². The van der Waals surface area contributed by atoms with E-state index in [1.54, 1.807) is 25.2 Å². The number of anilines is 2. The van der Waals surface area contributed by atoms with Crippen LogP contribution in [0, 0.1) is 0 Å². The highest BCUT2D eigenvalue weighted by Crippen LogP contribution is 2.39. The highest BCUT2D eigenvalue weighted by Gasteiger charge is 2.31. The standard InChI is InChI=1S/C31H35N5O4S/c1-3-4-17-35(2)41(39,40)25-14-15-27-26(19-25)29(31(38)34-27)30(23-8-6-5-7-9-23)33-24-12-10-22(11-13-24)20-36-18-16-32-28(37)21-36/h5-15,19,33H,3-4,16-18,20-21H2,1-2H3,(H,32,37)(H,34,38)/b30-29-. The Hall–Kier alpha value is -3.99. The van der Waals surface area contributed by atoms with Gasteiger partial charge < -0.3 is 16.0 Å². The first-order chi connectivity index (χ1) is 19.8. The number of fused-ring (bicyclic) bond motifs is 1. The van der Waals surface area contributed by atoms with Gasteiger partial charge in [-0.05, 0) is 47.9 Å². The van der Waals surface area contributed by atoms with E-state index in [1.807, 2.05) is 61.5 Å². The number of amides is 2. The molecule has 2 aliphatic rings. The minimum absolute atomic E-state index is 0.0346. The first-order valence-electron chi connectivity index (χ1n) is 13.8. The zero-order chi connectivity index (χ0) is 29.0. The molecular formula is C31H35N5O4S. The normalized spacial score (nSPS) is 16.8. The molecule has 41 heavy (non-hydrogen) atoms. The molecule has 0 atom stereocenters. The number of nitrogens with one attached hydrogen (secondary N) is 3. The van der Waals surface area contributed by atoms with Gasteiger partial charge in [-0.3, -0.25) is 14.5 Å². The summed E-state index contributed by atoms with van der Waals surface area (Å²) in [5, 5.41) is 9.18. The van der Waals surface area contributed by atoms with Crippen LogP contribution in [0.15, 0.2) is 77.7 Å². The summed E-state index contributed by atoms with van der Waals surface area (Å²) in [7, 11) is -2.14. The molecule has 0 spiro atoms. The Balaban J connectivity index is 1.49. The first-order valence-corrected chi connectivity index (χ1v) is 15.3. The maximum Gasteiger partial charge on any atom is 0.258 e. The van der Waals surface area contributed by atoms with Crippen molar-refractivity contribution in [3.8, 4) is 0 Å². The molecule has 2 heterocycles. The van der Waals surface area contributed by atoms with Crippen LogP contribution in [0.3, 0.4) is 0 Å². The number of rotatable bonds is 10. The van der Waals surface area contributed by atoms with Crippen LogP contribution in [-0.4, -0.2) is 62.7 Å². The van der Waals surface area contributed by atoms with Gasteiger partial charge in [0.05, 0.1) is 22.7 Å². The molecule has 1 saturated heterocycles. The molecule has 3 aromatic rings. The Morgan fingerprint density at radius 2 is 1.78 bits per heavy atom. The second-order valence-electron chi connectivity index (χ2n) is 10.3. The lowest BCUT2D eigenvalue weighted by Gasteiger charge is -2.26. The van der Waals surface area contributed by atoms with Gasteiger partial charge in [0, 0.05) is 50.2 Å². The van der Waals surface area contributed by atoms with E-state index < -0.39 is 10.0 Å². The lowest BCUT2D eigenvalue weighted by atomic mass is 10.00. The number of benzene rings is 3. The predicted molar refractivity (Wildman–Crippen MR) is 161 cm³/mol. The fraction of sp³-hybridized carbons (Fsp3) is 0.290. The molecule has 10 heteroatoms.